The van der Waals surface area contributed by atoms with Gasteiger partial charge in [0.25, 0.3) is 11.8 Å². The first kappa shape index (κ1) is 24.6. The van der Waals surface area contributed by atoms with Gasteiger partial charge in [-0.1, -0.05) is 0 Å². The molecular weight excluding hydrogens is 486 g/mol. The van der Waals surface area contributed by atoms with E-state index in [1.165, 1.54) is 54.6 Å². The van der Waals surface area contributed by atoms with Crippen LogP contribution in [0.4, 0.5) is 23.3 Å². The molecular formula is C19H19N7O6S2. The van der Waals surface area contributed by atoms with E-state index in [-0.39, 0.29) is 27.8 Å². The Morgan fingerprint density at radius 1 is 0.853 bits per heavy atom. The summed E-state index contributed by atoms with van der Waals surface area (Å²) in [5.74, 6) is -0.902. The molecule has 1 aromatic heterocycles. The van der Waals surface area contributed by atoms with Gasteiger partial charge in [0, 0.05) is 29.9 Å². The summed E-state index contributed by atoms with van der Waals surface area (Å²) < 4.78 is 46.3. The van der Waals surface area contributed by atoms with Gasteiger partial charge in [0.05, 0.1) is 4.90 Å². The third kappa shape index (κ3) is 6.47. The van der Waals surface area contributed by atoms with Crippen molar-refractivity contribution in [3.63, 3.8) is 0 Å². The molecule has 0 atom stereocenters. The van der Waals surface area contributed by atoms with Gasteiger partial charge < -0.3 is 10.6 Å². The van der Waals surface area contributed by atoms with E-state index >= 15 is 0 Å². The van der Waals surface area contributed by atoms with E-state index in [0.717, 1.165) is 0 Å². The van der Waals surface area contributed by atoms with Gasteiger partial charge in [0.1, 0.15) is 11.6 Å². The molecule has 3 aromatic rings. The molecule has 1 heterocycles. The number of nitrogens with zero attached hydrogens (tertiary/aromatic N) is 2. The van der Waals surface area contributed by atoms with Crippen molar-refractivity contribution >= 4 is 56.0 Å². The topological polar surface area (TPSA) is 202 Å². The highest BCUT2D eigenvalue weighted by molar-refractivity contribution is 7.89. The van der Waals surface area contributed by atoms with Crippen molar-refractivity contribution in [1.29, 1.82) is 0 Å². The molecule has 2 aromatic carbocycles. The van der Waals surface area contributed by atoms with E-state index in [2.05, 4.69) is 30.6 Å². The lowest BCUT2D eigenvalue weighted by Crippen LogP contribution is -2.18. The maximum Gasteiger partial charge on any atom is 0.258 e. The number of rotatable bonds is 8. The van der Waals surface area contributed by atoms with Gasteiger partial charge in [-0.05, 0) is 48.5 Å². The van der Waals surface area contributed by atoms with Crippen LogP contribution in [0.5, 0.6) is 0 Å². The van der Waals surface area contributed by atoms with Crippen LogP contribution in [-0.2, 0) is 20.9 Å². The standard InChI is InChI=1S/C19H19N7O6S2/c1-21-15-10-16(22-17(27)11-2-6-13(7-3-11)26-33(29)30)24-19(23-15)25-18(28)12-4-8-14(9-5-12)34(20,31)32/h2-10,33H,1H3,(H2,20,31,32)(H,26,29,30)(H3,21,22,23,24,25,27,28). The zero-order chi connectivity index (χ0) is 24.9. The lowest BCUT2D eigenvalue weighted by Gasteiger charge is -2.10. The third-order valence-corrected chi connectivity index (χ3v) is 5.63. The first-order valence-corrected chi connectivity index (χ1v) is 12.1. The largest absolute Gasteiger partial charge is 0.373 e. The zero-order valence-corrected chi connectivity index (χ0v) is 19.2. The Bertz CT molecular complexity index is 1400. The van der Waals surface area contributed by atoms with E-state index in [4.69, 9.17) is 5.14 Å². The number of hydrogen-bond acceptors (Lipinski definition) is 9. The molecule has 6 N–H and O–H groups in total. The Morgan fingerprint density at radius 2 is 1.38 bits per heavy atom. The quantitative estimate of drug-likeness (QED) is 0.237. The minimum Gasteiger partial charge on any atom is -0.373 e. The van der Waals surface area contributed by atoms with E-state index in [0.29, 0.717) is 11.5 Å². The van der Waals surface area contributed by atoms with Crippen LogP contribution < -0.4 is 25.8 Å². The van der Waals surface area contributed by atoms with E-state index in [1.54, 1.807) is 7.05 Å². The summed E-state index contributed by atoms with van der Waals surface area (Å²) in [5.41, 5.74) is 0.663. The molecule has 34 heavy (non-hydrogen) atoms. The van der Waals surface area contributed by atoms with Crippen molar-refractivity contribution in [2.24, 2.45) is 5.14 Å². The van der Waals surface area contributed by atoms with Crippen LogP contribution in [0.2, 0.25) is 0 Å². The lowest BCUT2D eigenvalue weighted by atomic mass is 10.2. The van der Waals surface area contributed by atoms with Gasteiger partial charge in [0.2, 0.25) is 26.9 Å². The van der Waals surface area contributed by atoms with Gasteiger partial charge in [-0.2, -0.15) is 9.97 Å². The fraction of sp³-hybridized carbons (Fsp3) is 0.0526. The van der Waals surface area contributed by atoms with Gasteiger partial charge in [0.15, 0.2) is 0 Å². The molecule has 2 amide bonds. The number of sulfonamides is 1. The van der Waals surface area contributed by atoms with Gasteiger partial charge in [-0.15, -0.1) is 0 Å². The Kier molecular flexibility index (Phi) is 7.40. The highest BCUT2D eigenvalue weighted by atomic mass is 32.2. The summed E-state index contributed by atoms with van der Waals surface area (Å²) in [6, 6.07) is 12.1. The monoisotopic (exact) mass is 505 g/mol. The number of anilines is 4. The Morgan fingerprint density at radius 3 is 1.91 bits per heavy atom. The predicted octanol–water partition coefficient (Wildman–Crippen LogP) is 0.609. The average Bonchev–Trinajstić information content (AvgIpc) is 2.78. The van der Waals surface area contributed by atoms with Gasteiger partial charge >= 0.3 is 0 Å². The minimum atomic E-state index is -3.90. The molecule has 0 saturated carbocycles. The Labute approximate surface area is 195 Å². The molecule has 0 spiro atoms. The number of aromatic nitrogens is 2. The summed E-state index contributed by atoms with van der Waals surface area (Å²) in [6.45, 7) is 0. The number of benzene rings is 2. The van der Waals surface area contributed by atoms with Gasteiger partial charge in [-0.3, -0.25) is 19.6 Å². The van der Waals surface area contributed by atoms with Crippen molar-refractivity contribution in [3.05, 3.63) is 65.7 Å². The summed E-state index contributed by atoms with van der Waals surface area (Å²) in [5, 5.41) is 12.9. The predicted molar refractivity (Wildman–Crippen MR) is 126 cm³/mol. The van der Waals surface area contributed by atoms with Crippen LogP contribution >= 0.6 is 0 Å². The molecule has 0 bridgehead atoms. The number of carbonyl (C=O) groups excluding carboxylic acids is 2. The van der Waals surface area contributed by atoms with Crippen LogP contribution in [0.1, 0.15) is 20.7 Å². The molecule has 0 radical (unpaired) electrons. The molecule has 0 fully saturated rings. The molecule has 0 aliphatic carbocycles. The zero-order valence-electron chi connectivity index (χ0n) is 17.5. The van der Waals surface area contributed by atoms with Crippen LogP contribution in [-0.4, -0.2) is 45.7 Å². The van der Waals surface area contributed by atoms with Gasteiger partial charge in [-0.25, -0.2) is 22.0 Å². The highest BCUT2D eigenvalue weighted by Crippen LogP contribution is 2.17. The van der Waals surface area contributed by atoms with Crippen molar-refractivity contribution < 1.29 is 26.4 Å². The molecule has 0 unspecified atom stereocenters. The van der Waals surface area contributed by atoms with E-state index in [1.807, 2.05) is 0 Å². The number of hydrogen-bond donors (Lipinski definition) is 6. The highest BCUT2D eigenvalue weighted by Gasteiger charge is 2.14. The molecule has 0 aliphatic heterocycles. The molecule has 0 aliphatic rings. The van der Waals surface area contributed by atoms with Crippen molar-refractivity contribution in [3.8, 4) is 0 Å². The molecule has 13 nitrogen and oxygen atoms in total. The average molecular weight is 506 g/mol. The second-order valence-corrected chi connectivity index (χ2v) is 8.94. The second kappa shape index (κ2) is 10.2. The van der Waals surface area contributed by atoms with Crippen molar-refractivity contribution in [2.75, 3.05) is 27.7 Å². The number of primary sulfonamides is 1. The van der Waals surface area contributed by atoms with Crippen LogP contribution in [0.25, 0.3) is 0 Å². The van der Waals surface area contributed by atoms with E-state index < -0.39 is 32.7 Å². The number of thiol groups is 1. The lowest BCUT2D eigenvalue weighted by molar-refractivity contribution is 0.101. The van der Waals surface area contributed by atoms with Crippen LogP contribution in [0.3, 0.4) is 0 Å². The summed E-state index contributed by atoms with van der Waals surface area (Å²) in [4.78, 5) is 33.1. The summed E-state index contributed by atoms with van der Waals surface area (Å²) >= 11 is 0. The third-order valence-electron chi connectivity index (χ3n) is 4.26. The first-order chi connectivity index (χ1) is 16.0. The minimum absolute atomic E-state index is 0.0778. The van der Waals surface area contributed by atoms with Crippen LogP contribution in [0.15, 0.2) is 59.5 Å². The number of carbonyl (C=O) groups is 2. The molecule has 15 heteroatoms. The second-order valence-electron chi connectivity index (χ2n) is 6.64. The molecule has 0 saturated heterocycles. The van der Waals surface area contributed by atoms with Crippen molar-refractivity contribution in [2.45, 2.75) is 4.90 Å². The van der Waals surface area contributed by atoms with E-state index in [9.17, 15) is 26.4 Å². The smallest absolute Gasteiger partial charge is 0.258 e. The van der Waals surface area contributed by atoms with Crippen LogP contribution in [0, 0.1) is 0 Å². The molecule has 3 rings (SSSR count). The molecule has 178 valence electrons. The Balaban J connectivity index is 1.76. The number of amides is 2. The van der Waals surface area contributed by atoms with Crippen molar-refractivity contribution in [1.82, 2.24) is 9.97 Å². The summed E-state index contributed by atoms with van der Waals surface area (Å²) in [7, 11) is -5.14. The Hall–Kier alpha value is -4.08. The maximum atomic E-state index is 12.5. The maximum absolute atomic E-state index is 12.5. The fourth-order valence-corrected chi connectivity index (χ4v) is 3.53. The SMILES string of the molecule is CNc1cc(NC(=O)c2ccc(N[SH](=O)=O)cc2)nc(NC(=O)c2ccc(S(N)(=O)=O)cc2)n1. The first-order valence-electron chi connectivity index (χ1n) is 9.38. The number of nitrogens with one attached hydrogen (secondary N) is 4. The number of nitrogens with two attached hydrogens (primary N) is 1. The fourth-order valence-electron chi connectivity index (χ4n) is 2.65. The summed E-state index contributed by atoms with van der Waals surface area (Å²) in [6.07, 6.45) is 0. The normalized spacial score (nSPS) is 11.0.